The number of nitrogens with one attached hydrogen (secondary N) is 1. The molecular weight excluding hydrogens is 488 g/mol. The van der Waals surface area contributed by atoms with Crippen molar-refractivity contribution in [3.8, 4) is 11.8 Å². The number of aliphatic hydroxyl groups excluding tert-OH is 1. The SMILES string of the molecule is CC(C)(CC1Cc2ccccc2C1)NC[C@@H](O)COc1cc(CCC(=O)OCc2ccccc2)ccc1C#N. The number of fused-ring (bicyclic) bond motifs is 1. The lowest BCUT2D eigenvalue weighted by Crippen LogP contribution is -2.46. The van der Waals surface area contributed by atoms with Crippen LogP contribution in [0.4, 0.5) is 0 Å². The van der Waals surface area contributed by atoms with Crippen molar-refractivity contribution in [1.82, 2.24) is 5.32 Å². The van der Waals surface area contributed by atoms with Gasteiger partial charge in [0.1, 0.15) is 31.1 Å². The molecule has 1 atom stereocenters. The van der Waals surface area contributed by atoms with Crippen LogP contribution in [-0.4, -0.2) is 35.9 Å². The number of aliphatic hydroxyl groups is 1. The van der Waals surface area contributed by atoms with Crippen LogP contribution in [0.1, 0.15) is 54.5 Å². The maximum absolute atomic E-state index is 12.2. The number of carbonyl (C=O) groups is 1. The Bertz CT molecular complexity index is 1260. The van der Waals surface area contributed by atoms with Crippen molar-refractivity contribution < 1.29 is 19.4 Å². The molecule has 0 spiro atoms. The van der Waals surface area contributed by atoms with E-state index in [1.807, 2.05) is 36.4 Å². The molecule has 0 aliphatic heterocycles. The van der Waals surface area contributed by atoms with E-state index in [9.17, 15) is 15.2 Å². The number of aryl methyl sites for hydroxylation is 1. The van der Waals surface area contributed by atoms with Crippen molar-refractivity contribution in [1.29, 1.82) is 5.26 Å². The molecule has 1 aliphatic rings. The van der Waals surface area contributed by atoms with E-state index >= 15 is 0 Å². The second-order valence-corrected chi connectivity index (χ2v) is 11.1. The molecule has 0 bridgehead atoms. The van der Waals surface area contributed by atoms with Gasteiger partial charge < -0.3 is 19.9 Å². The molecule has 0 saturated carbocycles. The van der Waals surface area contributed by atoms with Crippen LogP contribution in [-0.2, 0) is 35.4 Å². The lowest BCUT2D eigenvalue weighted by atomic mass is 9.88. The van der Waals surface area contributed by atoms with Crippen LogP contribution in [0.2, 0.25) is 0 Å². The largest absolute Gasteiger partial charge is 0.489 e. The predicted octanol–water partition coefficient (Wildman–Crippen LogP) is 5.15. The van der Waals surface area contributed by atoms with Crippen LogP contribution < -0.4 is 10.1 Å². The Hall–Kier alpha value is -3.66. The molecule has 2 N–H and O–H groups in total. The minimum atomic E-state index is -0.729. The first kappa shape index (κ1) is 28.4. The summed E-state index contributed by atoms with van der Waals surface area (Å²) in [5, 5.41) is 23.6. The molecular formula is C33H38N2O4. The molecule has 4 rings (SSSR count). The number of β-amino-alcohol motifs (C(OH)–C–C–N with tert-alkyl or cyclic N) is 1. The lowest BCUT2D eigenvalue weighted by molar-refractivity contribution is -0.144. The smallest absolute Gasteiger partial charge is 0.306 e. The molecule has 0 unspecified atom stereocenters. The Morgan fingerprint density at radius 3 is 2.44 bits per heavy atom. The maximum atomic E-state index is 12.2. The third kappa shape index (κ3) is 8.68. The molecule has 6 nitrogen and oxygen atoms in total. The topological polar surface area (TPSA) is 91.6 Å². The van der Waals surface area contributed by atoms with Gasteiger partial charge in [-0.1, -0.05) is 60.7 Å². The van der Waals surface area contributed by atoms with Gasteiger partial charge in [0.15, 0.2) is 0 Å². The molecule has 0 saturated heterocycles. The molecule has 1 aliphatic carbocycles. The number of esters is 1. The number of nitrogens with zero attached hydrogens (tertiary/aromatic N) is 1. The number of hydrogen-bond donors (Lipinski definition) is 2. The van der Waals surface area contributed by atoms with E-state index in [0.717, 1.165) is 30.4 Å². The van der Waals surface area contributed by atoms with E-state index in [2.05, 4.69) is 49.5 Å². The minimum Gasteiger partial charge on any atom is -0.489 e. The Kier molecular flexibility index (Phi) is 9.75. The monoisotopic (exact) mass is 526 g/mol. The van der Waals surface area contributed by atoms with Crippen LogP contribution in [0, 0.1) is 17.2 Å². The third-order valence-corrected chi connectivity index (χ3v) is 7.21. The van der Waals surface area contributed by atoms with Crippen LogP contribution in [0.5, 0.6) is 5.75 Å². The fourth-order valence-corrected chi connectivity index (χ4v) is 5.22. The highest BCUT2D eigenvalue weighted by Crippen LogP contribution is 2.32. The summed E-state index contributed by atoms with van der Waals surface area (Å²) in [5.74, 6) is 0.723. The number of ether oxygens (including phenoxy) is 2. The van der Waals surface area contributed by atoms with E-state index < -0.39 is 6.10 Å². The fourth-order valence-electron chi connectivity index (χ4n) is 5.22. The summed E-state index contributed by atoms with van der Waals surface area (Å²) >= 11 is 0. The Balaban J connectivity index is 1.21. The van der Waals surface area contributed by atoms with Crippen LogP contribution in [0.15, 0.2) is 72.8 Å². The van der Waals surface area contributed by atoms with Gasteiger partial charge in [-0.2, -0.15) is 5.26 Å². The van der Waals surface area contributed by atoms with E-state index in [-0.39, 0.29) is 31.1 Å². The molecule has 0 heterocycles. The van der Waals surface area contributed by atoms with Crippen LogP contribution in [0.3, 0.4) is 0 Å². The van der Waals surface area contributed by atoms with Crippen LogP contribution in [0.25, 0.3) is 0 Å². The van der Waals surface area contributed by atoms with Gasteiger partial charge in [-0.05, 0) is 79.8 Å². The molecule has 0 aromatic heterocycles. The number of rotatable bonds is 13. The molecule has 204 valence electrons. The number of benzene rings is 3. The average Bonchev–Trinajstić information content (AvgIpc) is 3.35. The second-order valence-electron chi connectivity index (χ2n) is 11.1. The van der Waals surface area contributed by atoms with Gasteiger partial charge in [0.2, 0.25) is 0 Å². The van der Waals surface area contributed by atoms with E-state index in [4.69, 9.17) is 9.47 Å². The lowest BCUT2D eigenvalue weighted by Gasteiger charge is -2.30. The zero-order chi connectivity index (χ0) is 27.7. The van der Waals surface area contributed by atoms with Gasteiger partial charge in [-0.25, -0.2) is 0 Å². The summed E-state index contributed by atoms with van der Waals surface area (Å²) in [6, 6.07) is 25.6. The van der Waals surface area contributed by atoms with Gasteiger partial charge >= 0.3 is 5.97 Å². The van der Waals surface area contributed by atoms with Gasteiger partial charge in [0.05, 0.1) is 5.56 Å². The minimum absolute atomic E-state index is 0.0647. The van der Waals surface area contributed by atoms with Crippen LogP contribution >= 0.6 is 0 Å². The van der Waals surface area contributed by atoms with Crippen molar-refractivity contribution in [3.63, 3.8) is 0 Å². The van der Waals surface area contributed by atoms with Crippen molar-refractivity contribution >= 4 is 5.97 Å². The zero-order valence-corrected chi connectivity index (χ0v) is 22.9. The van der Waals surface area contributed by atoms with Gasteiger partial charge in [0.25, 0.3) is 0 Å². The quantitative estimate of drug-likeness (QED) is 0.300. The summed E-state index contributed by atoms with van der Waals surface area (Å²) in [6.45, 7) is 5.05. The first-order chi connectivity index (χ1) is 18.8. The molecule has 3 aromatic carbocycles. The summed E-state index contributed by atoms with van der Waals surface area (Å²) in [4.78, 5) is 12.2. The number of carbonyl (C=O) groups excluding carboxylic acids is 1. The maximum Gasteiger partial charge on any atom is 0.306 e. The normalized spacial score (nSPS) is 13.9. The standard InChI is InChI=1S/C33H38N2O4/c1-33(2,19-26-16-27-10-6-7-11-28(27)17-26)35-21-30(36)23-38-31-18-24(12-14-29(31)20-34)13-15-32(37)39-22-25-8-4-3-5-9-25/h3-12,14,18,26,30,35-36H,13,15-17,19,21-23H2,1-2H3/t30-/m1/s1. The first-order valence-electron chi connectivity index (χ1n) is 13.7. The predicted molar refractivity (Wildman–Crippen MR) is 151 cm³/mol. The van der Waals surface area contributed by atoms with E-state index in [1.165, 1.54) is 11.1 Å². The van der Waals surface area contributed by atoms with Crippen molar-refractivity contribution in [3.05, 3.63) is 101 Å². The number of hydrogen-bond acceptors (Lipinski definition) is 6. The Morgan fingerprint density at radius 2 is 1.74 bits per heavy atom. The van der Waals surface area contributed by atoms with Crippen molar-refractivity contribution in [2.75, 3.05) is 13.2 Å². The fraction of sp³-hybridized carbons (Fsp3) is 0.394. The first-order valence-corrected chi connectivity index (χ1v) is 13.7. The summed E-state index contributed by atoms with van der Waals surface area (Å²) < 4.78 is 11.2. The highest BCUT2D eigenvalue weighted by Gasteiger charge is 2.28. The average molecular weight is 527 g/mol. The molecule has 0 amide bonds. The molecule has 0 radical (unpaired) electrons. The zero-order valence-electron chi connectivity index (χ0n) is 22.9. The highest BCUT2D eigenvalue weighted by molar-refractivity contribution is 5.69. The van der Waals surface area contributed by atoms with Crippen molar-refractivity contribution in [2.24, 2.45) is 5.92 Å². The van der Waals surface area contributed by atoms with Crippen molar-refractivity contribution in [2.45, 2.75) is 64.2 Å². The van der Waals surface area contributed by atoms with Gasteiger partial charge in [0, 0.05) is 18.5 Å². The summed E-state index contributed by atoms with van der Waals surface area (Å²) in [7, 11) is 0. The second kappa shape index (κ2) is 13.4. The highest BCUT2D eigenvalue weighted by atomic mass is 16.5. The van der Waals surface area contributed by atoms with E-state index in [0.29, 0.717) is 30.2 Å². The Morgan fingerprint density at radius 1 is 1.05 bits per heavy atom. The molecule has 6 heteroatoms. The Labute approximate surface area is 231 Å². The summed E-state index contributed by atoms with van der Waals surface area (Å²) in [6.07, 6.45) is 3.19. The molecule has 3 aromatic rings. The summed E-state index contributed by atoms with van der Waals surface area (Å²) in [5.41, 5.74) is 4.98. The molecule has 39 heavy (non-hydrogen) atoms. The molecule has 0 fully saturated rings. The van der Waals surface area contributed by atoms with Gasteiger partial charge in [-0.3, -0.25) is 4.79 Å². The van der Waals surface area contributed by atoms with E-state index in [1.54, 1.807) is 12.1 Å². The third-order valence-electron chi connectivity index (χ3n) is 7.21. The number of nitriles is 1. The van der Waals surface area contributed by atoms with Gasteiger partial charge in [-0.15, -0.1) is 0 Å².